The van der Waals surface area contributed by atoms with Crippen LogP contribution in [0.2, 0.25) is 0 Å². The lowest BCUT2D eigenvalue weighted by molar-refractivity contribution is -0.187. The molecule has 3 N–H and O–H groups in total. The largest absolute Gasteiger partial charge is 0.480 e. The molecule has 0 bridgehead atoms. The van der Waals surface area contributed by atoms with Crippen molar-refractivity contribution in [2.45, 2.75) is 12.5 Å². The van der Waals surface area contributed by atoms with E-state index in [2.05, 4.69) is 4.74 Å². The molecule has 0 heterocycles. The van der Waals surface area contributed by atoms with Crippen molar-refractivity contribution in [2.75, 3.05) is 0 Å². The van der Waals surface area contributed by atoms with E-state index in [1.165, 1.54) is 0 Å². The zero-order valence-corrected chi connectivity index (χ0v) is 7.54. The molecular formula is C7H8O8. The molecule has 0 saturated carbocycles. The van der Waals surface area contributed by atoms with Gasteiger partial charge in [0.25, 0.3) is 6.47 Å². The molecule has 1 atom stereocenters. The number of hydrogen-bond acceptors (Lipinski definition) is 5. The molecule has 0 aromatic rings. The van der Waals surface area contributed by atoms with Crippen LogP contribution in [0.1, 0.15) is 6.92 Å². The van der Waals surface area contributed by atoms with E-state index in [1.807, 2.05) is 0 Å². The van der Waals surface area contributed by atoms with E-state index in [-0.39, 0.29) is 6.47 Å². The van der Waals surface area contributed by atoms with Crippen LogP contribution in [0, 0.1) is 5.92 Å². The molecule has 0 spiro atoms. The van der Waals surface area contributed by atoms with Gasteiger partial charge in [0.1, 0.15) is 0 Å². The molecule has 0 aromatic carbocycles. The highest BCUT2D eigenvalue weighted by Gasteiger charge is 2.53. The predicted octanol–water partition coefficient (Wildman–Crippen LogP) is -1.21. The molecule has 0 rings (SSSR count). The van der Waals surface area contributed by atoms with E-state index < -0.39 is 29.4 Å². The summed E-state index contributed by atoms with van der Waals surface area (Å²) in [4.78, 5) is 41.7. The number of ether oxygens (including phenoxy) is 1. The lowest BCUT2D eigenvalue weighted by Gasteiger charge is -2.25. The van der Waals surface area contributed by atoms with Crippen molar-refractivity contribution in [3.8, 4) is 0 Å². The Hall–Kier alpha value is -2.12. The maximum Gasteiger partial charge on any atom is 0.349 e. The summed E-state index contributed by atoms with van der Waals surface area (Å²) in [5.41, 5.74) is -2.64. The van der Waals surface area contributed by atoms with Crippen molar-refractivity contribution in [3.05, 3.63) is 0 Å². The van der Waals surface area contributed by atoms with Crippen molar-refractivity contribution < 1.29 is 39.2 Å². The minimum atomic E-state index is -2.64. The van der Waals surface area contributed by atoms with Crippen molar-refractivity contribution in [3.63, 3.8) is 0 Å². The molecule has 8 nitrogen and oxygen atoms in total. The average molecular weight is 220 g/mol. The summed E-state index contributed by atoms with van der Waals surface area (Å²) in [6.45, 7) is 0.379. The number of hydrogen-bond donors (Lipinski definition) is 3. The number of carboxylic acids is 3. The fourth-order valence-electron chi connectivity index (χ4n) is 0.919. The van der Waals surface area contributed by atoms with Gasteiger partial charge in [-0.15, -0.1) is 0 Å². The van der Waals surface area contributed by atoms with Gasteiger partial charge in [0.05, 0.1) is 0 Å². The van der Waals surface area contributed by atoms with Crippen LogP contribution in [0.3, 0.4) is 0 Å². The zero-order chi connectivity index (χ0) is 12.2. The minimum Gasteiger partial charge on any atom is -0.480 e. The number of carboxylic acid groups (broad SMARTS) is 3. The molecule has 0 radical (unpaired) electrons. The SMILES string of the molecule is CC(OC=O)(C(=O)O)C(C(=O)O)C(=O)O. The summed E-state index contributed by atoms with van der Waals surface area (Å²) >= 11 is 0. The number of rotatable bonds is 6. The molecule has 0 saturated heterocycles. The summed E-state index contributed by atoms with van der Waals surface area (Å²) in [7, 11) is 0. The third kappa shape index (κ3) is 2.42. The molecule has 1 unspecified atom stereocenters. The van der Waals surface area contributed by atoms with Gasteiger partial charge >= 0.3 is 17.9 Å². The average Bonchev–Trinajstić information content (AvgIpc) is 2.02. The third-order valence-electron chi connectivity index (χ3n) is 1.76. The van der Waals surface area contributed by atoms with E-state index in [0.29, 0.717) is 6.92 Å². The Morgan fingerprint density at radius 1 is 1.20 bits per heavy atom. The maximum absolute atomic E-state index is 10.7. The van der Waals surface area contributed by atoms with E-state index in [4.69, 9.17) is 15.3 Å². The molecular weight excluding hydrogens is 212 g/mol. The quantitative estimate of drug-likeness (QED) is 0.374. The van der Waals surface area contributed by atoms with Crippen molar-refractivity contribution in [1.82, 2.24) is 0 Å². The Labute approximate surface area is 83.1 Å². The van der Waals surface area contributed by atoms with Crippen LogP contribution in [0.25, 0.3) is 0 Å². The second kappa shape index (κ2) is 4.40. The number of aliphatic carboxylic acids is 3. The van der Waals surface area contributed by atoms with Gasteiger partial charge in [-0.25, -0.2) is 4.79 Å². The van der Waals surface area contributed by atoms with Gasteiger partial charge in [0.15, 0.2) is 0 Å². The first-order valence-corrected chi connectivity index (χ1v) is 3.57. The molecule has 0 amide bonds. The summed E-state index contributed by atoms with van der Waals surface area (Å²) in [6, 6.07) is 0. The first-order valence-electron chi connectivity index (χ1n) is 3.57. The normalized spacial score (nSPS) is 14.0. The van der Waals surface area contributed by atoms with Crippen molar-refractivity contribution in [2.24, 2.45) is 5.92 Å². The molecule has 0 fully saturated rings. The van der Waals surface area contributed by atoms with Crippen LogP contribution < -0.4 is 0 Å². The Morgan fingerprint density at radius 2 is 1.60 bits per heavy atom. The number of carbonyl (C=O) groups is 4. The van der Waals surface area contributed by atoms with Gasteiger partial charge in [0, 0.05) is 0 Å². The number of carbonyl (C=O) groups excluding carboxylic acids is 1. The van der Waals surface area contributed by atoms with Crippen LogP contribution in [-0.2, 0) is 23.9 Å². The Morgan fingerprint density at radius 3 is 1.80 bits per heavy atom. The molecule has 0 aliphatic rings. The van der Waals surface area contributed by atoms with Gasteiger partial charge < -0.3 is 20.1 Å². The fraction of sp³-hybridized carbons (Fsp3) is 0.429. The third-order valence-corrected chi connectivity index (χ3v) is 1.76. The van der Waals surface area contributed by atoms with Gasteiger partial charge in [-0.3, -0.25) is 14.4 Å². The first kappa shape index (κ1) is 12.9. The summed E-state index contributed by atoms with van der Waals surface area (Å²) in [5.74, 6) is -8.05. The van der Waals surface area contributed by atoms with E-state index >= 15 is 0 Å². The zero-order valence-electron chi connectivity index (χ0n) is 7.54. The standard InChI is InChI=1S/C7H8O8/c1-7(6(13)14,15-2-8)3(4(9)10)5(11)12/h2-3H,1H3,(H,9,10)(H,11,12)(H,13,14). The van der Waals surface area contributed by atoms with Crippen LogP contribution in [0.5, 0.6) is 0 Å². The summed E-state index contributed by atoms with van der Waals surface area (Å²) < 4.78 is 4.03. The van der Waals surface area contributed by atoms with Gasteiger partial charge in [0.2, 0.25) is 11.5 Å². The van der Waals surface area contributed by atoms with Crippen LogP contribution >= 0.6 is 0 Å². The minimum absolute atomic E-state index is 0.312. The highest BCUT2D eigenvalue weighted by atomic mass is 16.6. The molecule has 8 heteroatoms. The van der Waals surface area contributed by atoms with Crippen LogP contribution in [-0.4, -0.2) is 45.3 Å². The highest BCUT2D eigenvalue weighted by Crippen LogP contribution is 2.22. The summed E-state index contributed by atoms with van der Waals surface area (Å²) in [6.07, 6.45) is 0. The fourth-order valence-corrected chi connectivity index (χ4v) is 0.919. The molecule has 0 aliphatic heterocycles. The molecule has 84 valence electrons. The van der Waals surface area contributed by atoms with Gasteiger partial charge in [-0.2, -0.15) is 0 Å². The molecule has 0 aromatic heterocycles. The van der Waals surface area contributed by atoms with E-state index in [1.54, 1.807) is 0 Å². The first-order chi connectivity index (χ1) is 6.77. The topological polar surface area (TPSA) is 138 Å². The molecule has 0 aliphatic carbocycles. The van der Waals surface area contributed by atoms with E-state index in [9.17, 15) is 19.2 Å². The lowest BCUT2D eigenvalue weighted by atomic mass is 9.89. The Kier molecular flexibility index (Phi) is 3.78. The van der Waals surface area contributed by atoms with E-state index in [0.717, 1.165) is 0 Å². The van der Waals surface area contributed by atoms with Crippen molar-refractivity contribution >= 4 is 24.4 Å². The Balaban J connectivity index is 5.36. The maximum atomic E-state index is 10.7. The Bertz CT molecular complexity index is 294. The highest BCUT2D eigenvalue weighted by molar-refractivity contribution is 6.00. The second-order valence-corrected chi connectivity index (χ2v) is 2.74. The smallest absolute Gasteiger partial charge is 0.349 e. The monoisotopic (exact) mass is 220 g/mol. The predicted molar refractivity (Wildman–Crippen MR) is 42.0 cm³/mol. The summed E-state index contributed by atoms with van der Waals surface area (Å²) in [5, 5.41) is 25.7. The lowest BCUT2D eigenvalue weighted by Crippen LogP contribution is -2.52. The second-order valence-electron chi connectivity index (χ2n) is 2.74. The molecule has 15 heavy (non-hydrogen) atoms. The van der Waals surface area contributed by atoms with Crippen LogP contribution in [0.15, 0.2) is 0 Å². The van der Waals surface area contributed by atoms with Gasteiger partial charge in [-0.1, -0.05) is 0 Å². The van der Waals surface area contributed by atoms with Crippen LogP contribution in [0.4, 0.5) is 0 Å². The van der Waals surface area contributed by atoms with Gasteiger partial charge in [-0.05, 0) is 6.92 Å². The van der Waals surface area contributed by atoms with Crippen molar-refractivity contribution in [1.29, 1.82) is 0 Å².